The van der Waals surface area contributed by atoms with Gasteiger partial charge in [-0.15, -0.1) is 0 Å². The van der Waals surface area contributed by atoms with Gasteiger partial charge in [0.1, 0.15) is 17.4 Å². The number of ketones is 1. The molecule has 0 radical (unpaired) electrons. The highest BCUT2D eigenvalue weighted by molar-refractivity contribution is 6.44. The van der Waals surface area contributed by atoms with E-state index in [0.717, 1.165) is 0 Å². The second kappa shape index (κ2) is 8.32. The number of fused-ring (bicyclic) bond motifs is 1. The van der Waals surface area contributed by atoms with Crippen molar-refractivity contribution in [1.29, 1.82) is 0 Å². The van der Waals surface area contributed by atoms with Crippen molar-refractivity contribution >= 4 is 28.6 Å². The van der Waals surface area contributed by atoms with E-state index in [2.05, 4.69) is 15.0 Å². The zero-order chi connectivity index (χ0) is 21.1. The van der Waals surface area contributed by atoms with Crippen molar-refractivity contribution in [2.24, 2.45) is 0 Å². The van der Waals surface area contributed by atoms with E-state index < -0.39 is 11.7 Å². The summed E-state index contributed by atoms with van der Waals surface area (Å²) in [5.41, 5.74) is 1.62. The molecule has 1 fully saturated rings. The molecule has 9 heteroatoms. The van der Waals surface area contributed by atoms with Gasteiger partial charge >= 0.3 is 0 Å². The van der Waals surface area contributed by atoms with E-state index >= 15 is 0 Å². The van der Waals surface area contributed by atoms with E-state index in [1.165, 1.54) is 17.4 Å². The van der Waals surface area contributed by atoms with Crippen molar-refractivity contribution in [3.63, 3.8) is 0 Å². The lowest BCUT2D eigenvalue weighted by molar-refractivity contribution is -0.127. The van der Waals surface area contributed by atoms with E-state index in [1.807, 2.05) is 25.1 Å². The smallest absolute Gasteiger partial charge is 0.295 e. The number of carbonyl (C=O) groups excluding carboxylic acids is 3. The number of Topliss-reactive ketones (excluding diaryl/α,β-unsaturated/α-hetero) is 1. The van der Waals surface area contributed by atoms with E-state index in [4.69, 9.17) is 4.74 Å². The standard InChI is InChI=1S/C21H21N5O4/c1-2-30-19-17-16(23-13-24-19)15(12-22-17)18(27)21(29)26-10-8-25(9-11-26)20(28)14-6-4-3-5-7-14/h3-7,12-13,22H,2,8-11H2,1H3. The van der Waals surface area contributed by atoms with Crippen LogP contribution >= 0.6 is 0 Å². The normalized spacial score (nSPS) is 14.0. The van der Waals surface area contributed by atoms with E-state index in [0.29, 0.717) is 55.3 Å². The van der Waals surface area contributed by atoms with Crippen LogP contribution in [0.3, 0.4) is 0 Å². The molecule has 0 atom stereocenters. The van der Waals surface area contributed by atoms with Crippen LogP contribution in [-0.4, -0.2) is 75.1 Å². The van der Waals surface area contributed by atoms with Crippen molar-refractivity contribution < 1.29 is 19.1 Å². The zero-order valence-electron chi connectivity index (χ0n) is 16.5. The number of hydrogen-bond donors (Lipinski definition) is 1. The predicted octanol–water partition coefficient (Wildman–Crippen LogP) is 1.52. The summed E-state index contributed by atoms with van der Waals surface area (Å²) in [4.78, 5) is 52.4. The highest BCUT2D eigenvalue weighted by atomic mass is 16.5. The monoisotopic (exact) mass is 407 g/mol. The minimum absolute atomic E-state index is 0.0780. The molecule has 0 aliphatic carbocycles. The molecule has 0 spiro atoms. The van der Waals surface area contributed by atoms with Gasteiger partial charge in [0.05, 0.1) is 12.2 Å². The molecule has 1 aromatic carbocycles. The number of piperazine rings is 1. The average molecular weight is 407 g/mol. The number of benzene rings is 1. The van der Waals surface area contributed by atoms with Crippen LogP contribution in [0.1, 0.15) is 27.6 Å². The second-order valence-electron chi connectivity index (χ2n) is 6.82. The van der Waals surface area contributed by atoms with Crippen LogP contribution in [-0.2, 0) is 4.79 Å². The maximum atomic E-state index is 12.8. The number of nitrogens with zero attached hydrogens (tertiary/aromatic N) is 4. The molecule has 1 N–H and O–H groups in total. The number of hydrogen-bond acceptors (Lipinski definition) is 6. The van der Waals surface area contributed by atoms with Crippen molar-refractivity contribution in [3.8, 4) is 5.88 Å². The maximum Gasteiger partial charge on any atom is 0.295 e. The Morgan fingerprint density at radius 1 is 1.03 bits per heavy atom. The number of H-pyrrole nitrogens is 1. The number of amides is 2. The third kappa shape index (κ3) is 3.61. The first-order chi connectivity index (χ1) is 14.6. The Morgan fingerprint density at radius 2 is 1.73 bits per heavy atom. The number of aromatic nitrogens is 3. The quantitative estimate of drug-likeness (QED) is 0.507. The molecule has 2 amide bonds. The van der Waals surface area contributed by atoms with Gasteiger partial charge in [-0.2, -0.15) is 4.98 Å². The van der Waals surface area contributed by atoms with Gasteiger partial charge in [0.2, 0.25) is 5.88 Å². The Balaban J connectivity index is 1.45. The summed E-state index contributed by atoms with van der Waals surface area (Å²) in [7, 11) is 0. The molecule has 3 heterocycles. The van der Waals surface area contributed by atoms with Gasteiger partial charge in [0.15, 0.2) is 0 Å². The van der Waals surface area contributed by atoms with Crippen LogP contribution in [0.4, 0.5) is 0 Å². The minimum Gasteiger partial charge on any atom is -0.476 e. The van der Waals surface area contributed by atoms with Crippen molar-refractivity contribution in [3.05, 3.63) is 54.0 Å². The van der Waals surface area contributed by atoms with E-state index in [9.17, 15) is 14.4 Å². The summed E-state index contributed by atoms with van der Waals surface area (Å²) in [5, 5.41) is 0. The lowest BCUT2D eigenvalue weighted by Gasteiger charge is -2.34. The van der Waals surface area contributed by atoms with Crippen LogP contribution < -0.4 is 4.74 Å². The molecule has 1 aliphatic heterocycles. The molecular formula is C21H21N5O4. The fraction of sp³-hybridized carbons (Fsp3) is 0.286. The largest absolute Gasteiger partial charge is 0.476 e. The fourth-order valence-electron chi connectivity index (χ4n) is 3.47. The van der Waals surface area contributed by atoms with Crippen LogP contribution in [0, 0.1) is 0 Å². The number of ether oxygens (including phenoxy) is 1. The van der Waals surface area contributed by atoms with Crippen LogP contribution in [0.25, 0.3) is 11.0 Å². The Kier molecular flexibility index (Phi) is 5.42. The first kappa shape index (κ1) is 19.6. The van der Waals surface area contributed by atoms with E-state index in [1.54, 1.807) is 17.0 Å². The summed E-state index contributed by atoms with van der Waals surface area (Å²) in [6, 6.07) is 9.00. The molecule has 30 heavy (non-hydrogen) atoms. The number of aromatic amines is 1. The summed E-state index contributed by atoms with van der Waals surface area (Å²) < 4.78 is 5.43. The first-order valence-corrected chi connectivity index (χ1v) is 9.73. The molecule has 4 rings (SSSR count). The lowest BCUT2D eigenvalue weighted by atomic mass is 10.1. The third-order valence-electron chi connectivity index (χ3n) is 5.02. The SMILES string of the molecule is CCOc1ncnc2c(C(=O)C(=O)N3CCN(C(=O)c4ccccc4)CC3)c[nH]c12. The molecule has 154 valence electrons. The Hall–Kier alpha value is -3.75. The summed E-state index contributed by atoms with van der Waals surface area (Å²) in [5.74, 6) is -1.00. The van der Waals surface area contributed by atoms with Gasteiger partial charge in [-0.25, -0.2) is 4.98 Å². The predicted molar refractivity (Wildman–Crippen MR) is 108 cm³/mol. The molecular weight excluding hydrogens is 386 g/mol. The molecule has 0 unspecified atom stereocenters. The van der Waals surface area contributed by atoms with Crippen LogP contribution in [0.5, 0.6) is 5.88 Å². The number of nitrogens with one attached hydrogen (secondary N) is 1. The van der Waals surface area contributed by atoms with Gasteiger partial charge in [0, 0.05) is 37.9 Å². The van der Waals surface area contributed by atoms with Gasteiger partial charge in [0.25, 0.3) is 17.6 Å². The summed E-state index contributed by atoms with van der Waals surface area (Å²) >= 11 is 0. The highest BCUT2D eigenvalue weighted by Gasteiger charge is 2.30. The van der Waals surface area contributed by atoms with Gasteiger partial charge in [-0.1, -0.05) is 18.2 Å². The van der Waals surface area contributed by atoms with Crippen molar-refractivity contribution in [2.45, 2.75) is 6.92 Å². The lowest BCUT2D eigenvalue weighted by Crippen LogP contribution is -2.52. The maximum absolute atomic E-state index is 12.8. The fourth-order valence-corrected chi connectivity index (χ4v) is 3.47. The molecule has 1 aliphatic rings. The Morgan fingerprint density at radius 3 is 2.43 bits per heavy atom. The topological polar surface area (TPSA) is 108 Å². The number of rotatable bonds is 5. The molecule has 9 nitrogen and oxygen atoms in total. The number of carbonyl (C=O) groups is 3. The third-order valence-corrected chi connectivity index (χ3v) is 5.02. The molecule has 1 saturated heterocycles. The highest BCUT2D eigenvalue weighted by Crippen LogP contribution is 2.24. The van der Waals surface area contributed by atoms with Gasteiger partial charge in [-0.05, 0) is 19.1 Å². The molecule has 2 aromatic heterocycles. The van der Waals surface area contributed by atoms with Crippen molar-refractivity contribution in [1.82, 2.24) is 24.8 Å². The van der Waals surface area contributed by atoms with Gasteiger partial charge in [-0.3, -0.25) is 14.4 Å². The summed E-state index contributed by atoms with van der Waals surface area (Å²) in [6.07, 6.45) is 2.76. The summed E-state index contributed by atoms with van der Waals surface area (Å²) in [6.45, 7) is 3.58. The van der Waals surface area contributed by atoms with E-state index in [-0.39, 0.29) is 11.5 Å². The van der Waals surface area contributed by atoms with Crippen LogP contribution in [0.2, 0.25) is 0 Å². The second-order valence-corrected chi connectivity index (χ2v) is 6.82. The van der Waals surface area contributed by atoms with Crippen LogP contribution in [0.15, 0.2) is 42.9 Å². The minimum atomic E-state index is -0.648. The average Bonchev–Trinajstić information content (AvgIpc) is 3.24. The molecule has 0 saturated carbocycles. The molecule has 3 aromatic rings. The van der Waals surface area contributed by atoms with Gasteiger partial charge < -0.3 is 19.5 Å². The Labute approximate surface area is 172 Å². The molecule has 0 bridgehead atoms. The van der Waals surface area contributed by atoms with Crippen molar-refractivity contribution in [2.75, 3.05) is 32.8 Å². The Bertz CT molecular complexity index is 1090. The first-order valence-electron chi connectivity index (χ1n) is 9.73. The zero-order valence-corrected chi connectivity index (χ0v) is 16.5.